The standard InChI is InChI=1S/C13H15NS2/c1-8(2)10-4-3-9(7-12(10)14)11-5-6-16-13(11)15/h3-8,15H,14H2,1-2H3. The van der Waals surface area contributed by atoms with E-state index in [1.807, 2.05) is 11.4 Å². The van der Waals surface area contributed by atoms with E-state index in [4.69, 9.17) is 5.73 Å². The molecular formula is C13H15NS2. The Morgan fingerprint density at radius 2 is 2.00 bits per heavy atom. The summed E-state index contributed by atoms with van der Waals surface area (Å²) in [6.45, 7) is 4.31. The van der Waals surface area contributed by atoms with E-state index in [9.17, 15) is 0 Å². The molecule has 0 amide bonds. The Bertz CT molecular complexity index is 500. The summed E-state index contributed by atoms with van der Waals surface area (Å²) < 4.78 is 1.04. The van der Waals surface area contributed by atoms with Crippen molar-refractivity contribution in [1.82, 2.24) is 0 Å². The highest BCUT2D eigenvalue weighted by molar-refractivity contribution is 7.83. The van der Waals surface area contributed by atoms with Gasteiger partial charge in [-0.15, -0.1) is 24.0 Å². The predicted octanol–water partition coefficient (Wildman–Crippen LogP) is 4.41. The first-order valence-electron chi connectivity index (χ1n) is 5.26. The van der Waals surface area contributed by atoms with Crippen LogP contribution in [0.15, 0.2) is 33.9 Å². The second kappa shape index (κ2) is 4.52. The van der Waals surface area contributed by atoms with Gasteiger partial charge in [0.2, 0.25) is 0 Å². The van der Waals surface area contributed by atoms with E-state index in [0.29, 0.717) is 5.92 Å². The van der Waals surface area contributed by atoms with E-state index in [0.717, 1.165) is 21.0 Å². The minimum Gasteiger partial charge on any atom is -0.398 e. The van der Waals surface area contributed by atoms with Gasteiger partial charge in [0.25, 0.3) is 0 Å². The van der Waals surface area contributed by atoms with Gasteiger partial charge in [0, 0.05) is 11.3 Å². The van der Waals surface area contributed by atoms with Crippen LogP contribution in [0.25, 0.3) is 11.1 Å². The van der Waals surface area contributed by atoms with Gasteiger partial charge in [-0.3, -0.25) is 0 Å². The molecule has 0 unspecified atom stereocenters. The molecular weight excluding hydrogens is 234 g/mol. The van der Waals surface area contributed by atoms with Gasteiger partial charge in [0.05, 0.1) is 4.21 Å². The van der Waals surface area contributed by atoms with Crippen molar-refractivity contribution in [2.24, 2.45) is 0 Å². The van der Waals surface area contributed by atoms with Crippen LogP contribution in [0.4, 0.5) is 5.69 Å². The maximum atomic E-state index is 6.06. The van der Waals surface area contributed by atoms with Gasteiger partial charge in [-0.25, -0.2) is 0 Å². The Balaban J connectivity index is 2.46. The largest absolute Gasteiger partial charge is 0.398 e. The first-order valence-corrected chi connectivity index (χ1v) is 6.58. The van der Waals surface area contributed by atoms with E-state index < -0.39 is 0 Å². The van der Waals surface area contributed by atoms with Crippen molar-refractivity contribution in [3.05, 3.63) is 35.2 Å². The molecule has 1 aromatic heterocycles. The van der Waals surface area contributed by atoms with Crippen LogP contribution in [-0.2, 0) is 0 Å². The number of benzene rings is 1. The molecule has 2 N–H and O–H groups in total. The first-order chi connectivity index (χ1) is 7.59. The summed E-state index contributed by atoms with van der Waals surface area (Å²) in [6.07, 6.45) is 0. The lowest BCUT2D eigenvalue weighted by Gasteiger charge is -2.11. The summed E-state index contributed by atoms with van der Waals surface area (Å²) in [5.74, 6) is 0.465. The Labute approximate surface area is 106 Å². The molecule has 0 atom stereocenters. The van der Waals surface area contributed by atoms with Crippen LogP contribution in [0.1, 0.15) is 25.3 Å². The molecule has 0 fully saturated rings. The summed E-state index contributed by atoms with van der Waals surface area (Å²) in [5.41, 5.74) is 10.4. The van der Waals surface area contributed by atoms with Crippen LogP contribution in [0.5, 0.6) is 0 Å². The van der Waals surface area contributed by atoms with Gasteiger partial charge in [-0.1, -0.05) is 26.0 Å². The minimum absolute atomic E-state index is 0.465. The monoisotopic (exact) mass is 249 g/mol. The zero-order chi connectivity index (χ0) is 11.7. The minimum atomic E-state index is 0.465. The summed E-state index contributed by atoms with van der Waals surface area (Å²) in [4.78, 5) is 0. The van der Waals surface area contributed by atoms with E-state index in [1.165, 1.54) is 5.56 Å². The molecule has 0 aliphatic carbocycles. The predicted molar refractivity (Wildman–Crippen MR) is 75.5 cm³/mol. The number of thiophene rings is 1. The summed E-state index contributed by atoms with van der Waals surface area (Å²) in [7, 11) is 0. The van der Waals surface area contributed by atoms with Crippen LogP contribution in [0, 0.1) is 0 Å². The highest BCUT2D eigenvalue weighted by Gasteiger charge is 2.08. The fourth-order valence-electron chi connectivity index (χ4n) is 1.79. The molecule has 0 aliphatic rings. The van der Waals surface area contributed by atoms with Crippen molar-refractivity contribution < 1.29 is 0 Å². The van der Waals surface area contributed by atoms with E-state index >= 15 is 0 Å². The number of thiol groups is 1. The van der Waals surface area contributed by atoms with Gasteiger partial charge in [0.1, 0.15) is 0 Å². The molecule has 84 valence electrons. The summed E-state index contributed by atoms with van der Waals surface area (Å²) >= 11 is 6.08. The van der Waals surface area contributed by atoms with Crippen LogP contribution in [0.2, 0.25) is 0 Å². The Morgan fingerprint density at radius 3 is 2.50 bits per heavy atom. The molecule has 1 heterocycles. The molecule has 0 spiro atoms. The molecule has 1 nitrogen and oxygen atoms in total. The van der Waals surface area contributed by atoms with Crippen LogP contribution >= 0.6 is 24.0 Å². The number of rotatable bonds is 2. The number of anilines is 1. The zero-order valence-corrected chi connectivity index (χ0v) is 11.1. The quantitative estimate of drug-likeness (QED) is 0.598. The third kappa shape index (κ3) is 2.11. The number of nitrogens with two attached hydrogens (primary N) is 1. The highest BCUT2D eigenvalue weighted by atomic mass is 32.2. The van der Waals surface area contributed by atoms with Gasteiger partial charge in [-0.2, -0.15) is 0 Å². The van der Waals surface area contributed by atoms with Crippen LogP contribution in [0.3, 0.4) is 0 Å². The average molecular weight is 249 g/mol. The molecule has 0 saturated carbocycles. The fourth-order valence-corrected chi connectivity index (χ4v) is 2.82. The van der Waals surface area contributed by atoms with Crippen LogP contribution < -0.4 is 5.73 Å². The lowest BCUT2D eigenvalue weighted by molar-refractivity contribution is 0.870. The molecule has 2 rings (SSSR count). The smallest absolute Gasteiger partial charge is 0.0646 e. The second-order valence-electron chi connectivity index (χ2n) is 4.14. The van der Waals surface area contributed by atoms with Gasteiger partial charge in [0.15, 0.2) is 0 Å². The number of hydrogen-bond acceptors (Lipinski definition) is 3. The van der Waals surface area contributed by atoms with Crippen molar-refractivity contribution in [2.75, 3.05) is 5.73 Å². The molecule has 16 heavy (non-hydrogen) atoms. The lowest BCUT2D eigenvalue weighted by atomic mass is 9.98. The average Bonchev–Trinajstić information content (AvgIpc) is 2.63. The molecule has 0 saturated heterocycles. The molecule has 3 heteroatoms. The molecule has 0 aliphatic heterocycles. The van der Waals surface area contributed by atoms with E-state index in [2.05, 4.69) is 44.7 Å². The van der Waals surface area contributed by atoms with E-state index in [1.54, 1.807) is 11.3 Å². The third-order valence-corrected chi connectivity index (χ3v) is 3.94. The maximum absolute atomic E-state index is 6.06. The van der Waals surface area contributed by atoms with Crippen molar-refractivity contribution in [1.29, 1.82) is 0 Å². The van der Waals surface area contributed by atoms with Gasteiger partial charge >= 0.3 is 0 Å². The number of nitrogen functional groups attached to an aromatic ring is 1. The molecule has 2 aromatic rings. The summed E-state index contributed by atoms with van der Waals surface area (Å²) in [6, 6.07) is 8.35. The lowest BCUT2D eigenvalue weighted by Crippen LogP contribution is -1.96. The summed E-state index contributed by atoms with van der Waals surface area (Å²) in [5, 5.41) is 2.05. The van der Waals surface area contributed by atoms with Crippen molar-refractivity contribution in [2.45, 2.75) is 24.0 Å². The van der Waals surface area contributed by atoms with Crippen LogP contribution in [-0.4, -0.2) is 0 Å². The highest BCUT2D eigenvalue weighted by Crippen LogP contribution is 2.34. The molecule has 0 radical (unpaired) electrons. The van der Waals surface area contributed by atoms with Gasteiger partial charge < -0.3 is 5.73 Å². The maximum Gasteiger partial charge on any atom is 0.0646 e. The first kappa shape index (κ1) is 11.6. The SMILES string of the molecule is CC(C)c1ccc(-c2ccsc2S)cc1N. The third-order valence-electron chi connectivity index (χ3n) is 2.66. The van der Waals surface area contributed by atoms with E-state index in [-0.39, 0.29) is 0 Å². The van der Waals surface area contributed by atoms with Crippen molar-refractivity contribution in [3.8, 4) is 11.1 Å². The van der Waals surface area contributed by atoms with Gasteiger partial charge in [-0.05, 0) is 34.6 Å². The Hall–Kier alpha value is -0.930. The fraction of sp³-hybridized carbons (Fsp3) is 0.231. The second-order valence-corrected chi connectivity index (χ2v) is 5.80. The topological polar surface area (TPSA) is 26.0 Å². The molecule has 1 aromatic carbocycles. The molecule has 0 bridgehead atoms. The van der Waals surface area contributed by atoms with Crippen molar-refractivity contribution >= 4 is 29.7 Å². The normalized spacial score (nSPS) is 11.0. The van der Waals surface area contributed by atoms with Crippen molar-refractivity contribution in [3.63, 3.8) is 0 Å². The zero-order valence-electron chi connectivity index (χ0n) is 9.40. The Kier molecular flexibility index (Phi) is 3.26. The number of hydrogen-bond donors (Lipinski definition) is 2. The Morgan fingerprint density at radius 1 is 1.25 bits per heavy atom.